The average Bonchev–Trinajstić information content (AvgIpc) is 2.13. The number of nitrogens with two attached hydrogens (primary N) is 1. The second-order valence-electron chi connectivity index (χ2n) is 3.28. The highest BCUT2D eigenvalue weighted by molar-refractivity contribution is 5.79. The van der Waals surface area contributed by atoms with Gasteiger partial charge in [-0.3, -0.25) is 10.4 Å². The van der Waals surface area contributed by atoms with E-state index in [0.29, 0.717) is 12.6 Å². The van der Waals surface area contributed by atoms with Crippen molar-refractivity contribution in [3.05, 3.63) is 0 Å². The van der Waals surface area contributed by atoms with Gasteiger partial charge in [-0.1, -0.05) is 0 Å². The van der Waals surface area contributed by atoms with Crippen molar-refractivity contribution in [2.75, 3.05) is 26.7 Å². The van der Waals surface area contributed by atoms with E-state index in [2.05, 4.69) is 10.4 Å². The molecule has 0 saturated carbocycles. The SMILES string of the molecule is CCN=C(NN)N(C)CCOC(C)C. The number of hydrogen-bond donors (Lipinski definition) is 2. The Hall–Kier alpha value is -0.810. The van der Waals surface area contributed by atoms with Gasteiger partial charge in [-0.05, 0) is 20.8 Å². The van der Waals surface area contributed by atoms with Crippen LogP contribution in [0.4, 0.5) is 0 Å². The molecule has 0 radical (unpaired) electrons. The Morgan fingerprint density at radius 1 is 1.57 bits per heavy atom. The molecule has 0 rings (SSSR count). The number of hydrazine groups is 1. The predicted molar refractivity (Wildman–Crippen MR) is 59.0 cm³/mol. The predicted octanol–water partition coefficient (Wildman–Crippen LogP) is 0.182. The molecule has 0 aromatic rings. The maximum absolute atomic E-state index is 5.42. The molecule has 5 heteroatoms. The van der Waals surface area contributed by atoms with E-state index in [-0.39, 0.29) is 6.10 Å². The van der Waals surface area contributed by atoms with Gasteiger partial charge in [0.15, 0.2) is 0 Å². The number of nitrogens with one attached hydrogen (secondary N) is 1. The molecule has 0 spiro atoms. The van der Waals surface area contributed by atoms with E-state index in [9.17, 15) is 0 Å². The Morgan fingerprint density at radius 3 is 2.64 bits per heavy atom. The highest BCUT2D eigenvalue weighted by Crippen LogP contribution is 1.90. The number of hydrogen-bond acceptors (Lipinski definition) is 3. The topological polar surface area (TPSA) is 62.9 Å². The molecule has 0 unspecified atom stereocenters. The van der Waals surface area contributed by atoms with Gasteiger partial charge in [-0.15, -0.1) is 0 Å². The molecule has 5 nitrogen and oxygen atoms in total. The van der Waals surface area contributed by atoms with Crippen LogP contribution in [0.15, 0.2) is 4.99 Å². The molecule has 0 atom stereocenters. The lowest BCUT2D eigenvalue weighted by atomic mass is 10.5. The van der Waals surface area contributed by atoms with Gasteiger partial charge < -0.3 is 9.64 Å². The molecule has 0 fully saturated rings. The summed E-state index contributed by atoms with van der Waals surface area (Å²) in [6.45, 7) is 8.18. The van der Waals surface area contributed by atoms with Gasteiger partial charge in [0.05, 0.1) is 12.7 Å². The maximum Gasteiger partial charge on any atom is 0.208 e. The minimum Gasteiger partial charge on any atom is -0.377 e. The Bertz CT molecular complexity index is 170. The van der Waals surface area contributed by atoms with E-state index in [0.717, 1.165) is 13.1 Å². The van der Waals surface area contributed by atoms with Crippen LogP contribution in [0.1, 0.15) is 20.8 Å². The molecule has 0 saturated heterocycles. The van der Waals surface area contributed by atoms with E-state index in [1.54, 1.807) is 0 Å². The third-order valence-electron chi connectivity index (χ3n) is 1.68. The Morgan fingerprint density at radius 2 is 2.21 bits per heavy atom. The fourth-order valence-corrected chi connectivity index (χ4v) is 0.958. The highest BCUT2D eigenvalue weighted by atomic mass is 16.5. The smallest absolute Gasteiger partial charge is 0.208 e. The molecule has 0 aromatic carbocycles. The highest BCUT2D eigenvalue weighted by Gasteiger charge is 2.03. The van der Waals surface area contributed by atoms with Crippen molar-refractivity contribution in [2.45, 2.75) is 26.9 Å². The van der Waals surface area contributed by atoms with Gasteiger partial charge in [0.2, 0.25) is 5.96 Å². The number of aliphatic imine (C=N–C) groups is 1. The molecule has 0 bridgehead atoms. The zero-order chi connectivity index (χ0) is 11.0. The van der Waals surface area contributed by atoms with Crippen molar-refractivity contribution in [2.24, 2.45) is 10.8 Å². The minimum atomic E-state index is 0.265. The first-order chi connectivity index (χ1) is 6.61. The van der Waals surface area contributed by atoms with Crippen molar-refractivity contribution < 1.29 is 4.74 Å². The quantitative estimate of drug-likeness (QED) is 0.289. The van der Waals surface area contributed by atoms with Crippen molar-refractivity contribution in [1.29, 1.82) is 0 Å². The summed E-state index contributed by atoms with van der Waals surface area (Å²) in [4.78, 5) is 6.13. The Kier molecular flexibility index (Phi) is 7.14. The lowest BCUT2D eigenvalue weighted by Crippen LogP contribution is -2.44. The minimum absolute atomic E-state index is 0.265. The molecular weight excluding hydrogens is 180 g/mol. The molecule has 0 aliphatic rings. The van der Waals surface area contributed by atoms with Gasteiger partial charge in [-0.2, -0.15) is 0 Å². The van der Waals surface area contributed by atoms with Crippen LogP contribution in [0, 0.1) is 0 Å². The standard InChI is InChI=1S/C9H22N4O/c1-5-11-9(12-10)13(4)6-7-14-8(2)3/h8H,5-7,10H2,1-4H3,(H,11,12). The molecule has 84 valence electrons. The second kappa shape index (κ2) is 7.58. The van der Waals surface area contributed by atoms with Crippen molar-refractivity contribution in [3.63, 3.8) is 0 Å². The molecule has 0 aliphatic carbocycles. The van der Waals surface area contributed by atoms with E-state index < -0.39 is 0 Å². The summed E-state index contributed by atoms with van der Waals surface area (Å²) in [6, 6.07) is 0. The second-order valence-corrected chi connectivity index (χ2v) is 3.28. The van der Waals surface area contributed by atoms with Crippen LogP contribution in [0.5, 0.6) is 0 Å². The average molecular weight is 202 g/mol. The van der Waals surface area contributed by atoms with Crippen molar-refractivity contribution in [3.8, 4) is 0 Å². The number of guanidine groups is 1. The van der Waals surface area contributed by atoms with Gasteiger partial charge in [-0.25, -0.2) is 5.84 Å². The van der Waals surface area contributed by atoms with Gasteiger partial charge in [0.25, 0.3) is 0 Å². The normalized spacial score (nSPS) is 12.0. The molecule has 0 aliphatic heterocycles. The van der Waals surface area contributed by atoms with Crippen molar-refractivity contribution in [1.82, 2.24) is 10.3 Å². The van der Waals surface area contributed by atoms with Crippen LogP contribution in [-0.4, -0.2) is 43.7 Å². The summed E-state index contributed by atoms with van der Waals surface area (Å²) in [5, 5.41) is 0. The van der Waals surface area contributed by atoms with Crippen LogP contribution in [0.25, 0.3) is 0 Å². The van der Waals surface area contributed by atoms with Crippen LogP contribution in [-0.2, 0) is 4.74 Å². The van der Waals surface area contributed by atoms with Crippen LogP contribution < -0.4 is 11.3 Å². The molecule has 0 heterocycles. The van der Waals surface area contributed by atoms with Gasteiger partial charge in [0, 0.05) is 20.1 Å². The largest absolute Gasteiger partial charge is 0.377 e. The summed E-state index contributed by atoms with van der Waals surface area (Å²) in [6.07, 6.45) is 0.265. The van der Waals surface area contributed by atoms with E-state index in [1.165, 1.54) is 0 Å². The number of rotatable bonds is 5. The summed E-state index contributed by atoms with van der Waals surface area (Å²) < 4.78 is 5.42. The third-order valence-corrected chi connectivity index (χ3v) is 1.68. The van der Waals surface area contributed by atoms with E-state index in [4.69, 9.17) is 10.6 Å². The Balaban J connectivity index is 3.81. The van der Waals surface area contributed by atoms with Crippen LogP contribution >= 0.6 is 0 Å². The zero-order valence-corrected chi connectivity index (χ0v) is 9.58. The van der Waals surface area contributed by atoms with Crippen LogP contribution in [0.3, 0.4) is 0 Å². The summed E-state index contributed by atoms with van der Waals surface area (Å²) in [7, 11) is 1.93. The van der Waals surface area contributed by atoms with Gasteiger partial charge >= 0.3 is 0 Å². The first-order valence-corrected chi connectivity index (χ1v) is 4.95. The first-order valence-electron chi connectivity index (χ1n) is 4.95. The summed E-state index contributed by atoms with van der Waals surface area (Å²) in [5.41, 5.74) is 2.56. The zero-order valence-electron chi connectivity index (χ0n) is 9.58. The number of nitrogens with zero attached hydrogens (tertiary/aromatic N) is 2. The Labute approximate surface area is 86.3 Å². The van der Waals surface area contributed by atoms with Crippen LogP contribution in [0.2, 0.25) is 0 Å². The molecule has 0 aromatic heterocycles. The van der Waals surface area contributed by atoms with E-state index in [1.807, 2.05) is 32.7 Å². The molecule has 3 N–H and O–H groups in total. The van der Waals surface area contributed by atoms with Crippen molar-refractivity contribution >= 4 is 5.96 Å². The molecular formula is C9H22N4O. The van der Waals surface area contributed by atoms with E-state index >= 15 is 0 Å². The maximum atomic E-state index is 5.42. The summed E-state index contributed by atoms with van der Waals surface area (Å²) in [5.74, 6) is 6.02. The summed E-state index contributed by atoms with van der Waals surface area (Å²) >= 11 is 0. The fraction of sp³-hybridized carbons (Fsp3) is 0.889. The first kappa shape index (κ1) is 13.2. The lowest BCUT2D eigenvalue weighted by Gasteiger charge is -2.20. The monoisotopic (exact) mass is 202 g/mol. The molecule has 14 heavy (non-hydrogen) atoms. The molecule has 0 amide bonds. The number of likely N-dealkylation sites (N-methyl/N-ethyl adjacent to an activating group) is 1. The number of ether oxygens (including phenoxy) is 1. The third kappa shape index (κ3) is 5.77. The van der Waals surface area contributed by atoms with Gasteiger partial charge in [0.1, 0.15) is 0 Å². The fourth-order valence-electron chi connectivity index (χ4n) is 0.958. The lowest BCUT2D eigenvalue weighted by molar-refractivity contribution is 0.0721.